The van der Waals surface area contributed by atoms with Crippen molar-refractivity contribution < 1.29 is 22.7 Å². The second-order valence-corrected chi connectivity index (χ2v) is 6.36. The van der Waals surface area contributed by atoms with E-state index in [0.29, 0.717) is 12.5 Å². The topological polar surface area (TPSA) is 78.1 Å². The Morgan fingerprint density at radius 3 is 2.62 bits per heavy atom. The predicted octanol–water partition coefficient (Wildman–Crippen LogP) is 2.54. The summed E-state index contributed by atoms with van der Waals surface area (Å²) < 4.78 is 47.0. The summed E-state index contributed by atoms with van der Waals surface area (Å²) in [6, 6.07) is 10.7. The number of nitrogens with zero attached hydrogens (tertiary/aromatic N) is 6. The molecule has 0 unspecified atom stereocenters. The Morgan fingerprint density at radius 2 is 1.93 bits per heavy atom. The summed E-state index contributed by atoms with van der Waals surface area (Å²) in [6.07, 6.45) is -4.59. The van der Waals surface area contributed by atoms with Crippen LogP contribution in [0.5, 0.6) is 5.88 Å². The molecule has 11 heteroatoms. The van der Waals surface area contributed by atoms with Crippen molar-refractivity contribution in [3.63, 3.8) is 0 Å². The van der Waals surface area contributed by atoms with Gasteiger partial charge in [0.15, 0.2) is 11.5 Å². The minimum absolute atomic E-state index is 0.0410. The van der Waals surface area contributed by atoms with E-state index in [9.17, 15) is 18.0 Å². The van der Waals surface area contributed by atoms with Gasteiger partial charge in [0, 0.05) is 19.2 Å². The Hall–Kier alpha value is -3.37. The summed E-state index contributed by atoms with van der Waals surface area (Å²) in [6.45, 7) is 2.18. The van der Waals surface area contributed by atoms with Gasteiger partial charge in [0.2, 0.25) is 11.7 Å². The standard InChI is InChI=1S/C18H17F3N6O2/c1-2-29-15-10-13(24-27(15)12-6-4-3-5-7-12)16(28)25-8-9-26-14(11-25)22-23-17(26)18(19,20)21/h3-7,10H,2,8-9,11H2,1H3. The summed E-state index contributed by atoms with van der Waals surface area (Å²) in [5.41, 5.74) is 0.865. The predicted molar refractivity (Wildman–Crippen MR) is 94.5 cm³/mol. The van der Waals surface area contributed by atoms with Crippen LogP contribution in [0.2, 0.25) is 0 Å². The first-order valence-corrected chi connectivity index (χ1v) is 8.95. The third-order valence-electron chi connectivity index (χ3n) is 4.48. The zero-order chi connectivity index (χ0) is 20.6. The van der Waals surface area contributed by atoms with Gasteiger partial charge in [-0.05, 0) is 19.1 Å². The van der Waals surface area contributed by atoms with E-state index in [4.69, 9.17) is 4.74 Å². The van der Waals surface area contributed by atoms with Gasteiger partial charge in [-0.2, -0.15) is 18.3 Å². The van der Waals surface area contributed by atoms with Crippen molar-refractivity contribution in [3.05, 3.63) is 53.7 Å². The maximum Gasteiger partial charge on any atom is 0.451 e. The SMILES string of the molecule is CCOc1cc(C(=O)N2CCn3c(nnc3C(F)(F)F)C2)nn1-c1ccccc1. The second kappa shape index (κ2) is 7.22. The molecule has 2 aromatic heterocycles. The molecule has 0 bridgehead atoms. The molecule has 0 atom stereocenters. The molecule has 0 fully saturated rings. The molecule has 1 amide bonds. The number of aromatic nitrogens is 5. The molecule has 29 heavy (non-hydrogen) atoms. The van der Waals surface area contributed by atoms with E-state index < -0.39 is 17.9 Å². The zero-order valence-electron chi connectivity index (χ0n) is 15.4. The molecule has 1 aromatic carbocycles. The molecule has 0 saturated carbocycles. The lowest BCUT2D eigenvalue weighted by atomic mass is 10.3. The number of ether oxygens (including phenoxy) is 1. The fourth-order valence-electron chi connectivity index (χ4n) is 3.18. The third kappa shape index (κ3) is 3.55. The van der Waals surface area contributed by atoms with Gasteiger partial charge in [0.05, 0.1) is 18.8 Å². The first kappa shape index (κ1) is 19.0. The molecule has 1 aliphatic heterocycles. The van der Waals surface area contributed by atoms with Crippen LogP contribution in [0.15, 0.2) is 36.4 Å². The highest BCUT2D eigenvalue weighted by Gasteiger charge is 2.40. The van der Waals surface area contributed by atoms with Gasteiger partial charge in [0.25, 0.3) is 5.91 Å². The monoisotopic (exact) mass is 406 g/mol. The van der Waals surface area contributed by atoms with Crippen LogP contribution in [-0.2, 0) is 19.3 Å². The van der Waals surface area contributed by atoms with Crippen molar-refractivity contribution in [2.75, 3.05) is 13.2 Å². The van der Waals surface area contributed by atoms with Crippen molar-refractivity contribution in [1.82, 2.24) is 29.4 Å². The van der Waals surface area contributed by atoms with Crippen LogP contribution in [0.3, 0.4) is 0 Å². The highest BCUT2D eigenvalue weighted by Crippen LogP contribution is 2.30. The van der Waals surface area contributed by atoms with E-state index >= 15 is 0 Å². The molecule has 0 spiro atoms. The highest BCUT2D eigenvalue weighted by atomic mass is 19.4. The summed E-state index contributed by atoms with van der Waals surface area (Å²) >= 11 is 0. The fraction of sp³-hybridized carbons (Fsp3) is 0.333. The van der Waals surface area contributed by atoms with Crippen molar-refractivity contribution in [1.29, 1.82) is 0 Å². The third-order valence-corrected chi connectivity index (χ3v) is 4.48. The molecule has 0 N–H and O–H groups in total. The van der Waals surface area contributed by atoms with Crippen LogP contribution in [0.1, 0.15) is 29.1 Å². The van der Waals surface area contributed by atoms with Crippen LogP contribution >= 0.6 is 0 Å². The first-order chi connectivity index (χ1) is 13.9. The molecule has 3 heterocycles. The number of fused-ring (bicyclic) bond motifs is 1. The van der Waals surface area contributed by atoms with Gasteiger partial charge in [-0.1, -0.05) is 18.2 Å². The van der Waals surface area contributed by atoms with E-state index in [1.165, 1.54) is 15.6 Å². The quantitative estimate of drug-likeness (QED) is 0.666. The van der Waals surface area contributed by atoms with Gasteiger partial charge < -0.3 is 14.2 Å². The maximum atomic E-state index is 13.0. The summed E-state index contributed by atoms with van der Waals surface area (Å²) in [7, 11) is 0. The van der Waals surface area contributed by atoms with Crippen molar-refractivity contribution in [2.45, 2.75) is 26.2 Å². The molecule has 0 saturated heterocycles. The van der Waals surface area contributed by atoms with Crippen LogP contribution in [0.4, 0.5) is 13.2 Å². The Bertz CT molecular complexity index is 1030. The number of carbonyl (C=O) groups excluding carboxylic acids is 1. The van der Waals surface area contributed by atoms with Gasteiger partial charge >= 0.3 is 6.18 Å². The minimum atomic E-state index is -4.59. The number of carbonyl (C=O) groups is 1. The number of para-hydroxylation sites is 1. The van der Waals surface area contributed by atoms with Crippen LogP contribution in [0.25, 0.3) is 5.69 Å². The summed E-state index contributed by atoms with van der Waals surface area (Å²) in [5.74, 6) is -0.971. The van der Waals surface area contributed by atoms with Crippen LogP contribution in [-0.4, -0.2) is 48.5 Å². The average Bonchev–Trinajstić information content (AvgIpc) is 3.32. The lowest BCUT2D eigenvalue weighted by Crippen LogP contribution is -2.39. The van der Waals surface area contributed by atoms with E-state index in [1.807, 2.05) is 37.3 Å². The number of halogens is 3. The first-order valence-electron chi connectivity index (χ1n) is 8.95. The molecule has 152 valence electrons. The highest BCUT2D eigenvalue weighted by molar-refractivity contribution is 5.92. The van der Waals surface area contributed by atoms with Crippen LogP contribution in [0, 0.1) is 0 Å². The molecule has 1 aliphatic rings. The number of hydrogen-bond donors (Lipinski definition) is 0. The van der Waals surface area contributed by atoms with Gasteiger partial charge in [-0.3, -0.25) is 4.79 Å². The Labute approximate surface area is 163 Å². The molecular formula is C18H17F3N6O2. The molecular weight excluding hydrogens is 389 g/mol. The van der Waals surface area contributed by atoms with Gasteiger partial charge in [-0.25, -0.2) is 4.68 Å². The van der Waals surface area contributed by atoms with Crippen molar-refractivity contribution in [2.24, 2.45) is 0 Å². The van der Waals surface area contributed by atoms with E-state index in [2.05, 4.69) is 15.3 Å². The second-order valence-electron chi connectivity index (χ2n) is 6.36. The number of benzene rings is 1. The Balaban J connectivity index is 1.60. The largest absolute Gasteiger partial charge is 0.478 e. The molecule has 3 aromatic rings. The molecule has 0 radical (unpaired) electrons. The average molecular weight is 406 g/mol. The van der Waals surface area contributed by atoms with Gasteiger partial charge in [-0.15, -0.1) is 10.2 Å². The Morgan fingerprint density at radius 1 is 1.17 bits per heavy atom. The molecule has 8 nitrogen and oxygen atoms in total. The normalized spacial score (nSPS) is 14.0. The minimum Gasteiger partial charge on any atom is -0.478 e. The van der Waals surface area contributed by atoms with Gasteiger partial charge in [0.1, 0.15) is 0 Å². The van der Waals surface area contributed by atoms with E-state index in [-0.39, 0.29) is 31.2 Å². The van der Waals surface area contributed by atoms with Crippen LogP contribution < -0.4 is 4.74 Å². The van der Waals surface area contributed by atoms with Crippen molar-refractivity contribution >= 4 is 5.91 Å². The number of rotatable bonds is 4. The zero-order valence-corrected chi connectivity index (χ0v) is 15.4. The summed E-state index contributed by atoms with van der Waals surface area (Å²) in [4.78, 5) is 14.3. The molecule has 0 aliphatic carbocycles. The smallest absolute Gasteiger partial charge is 0.451 e. The lowest BCUT2D eigenvalue weighted by molar-refractivity contribution is -0.147. The number of alkyl halides is 3. The van der Waals surface area contributed by atoms with E-state index in [1.54, 1.807) is 0 Å². The number of hydrogen-bond acceptors (Lipinski definition) is 5. The maximum absolute atomic E-state index is 13.0. The number of amides is 1. The summed E-state index contributed by atoms with van der Waals surface area (Å²) in [5, 5.41) is 11.2. The van der Waals surface area contributed by atoms with E-state index in [0.717, 1.165) is 10.3 Å². The lowest BCUT2D eigenvalue weighted by Gasteiger charge is -2.27. The fourth-order valence-corrected chi connectivity index (χ4v) is 3.18. The van der Waals surface area contributed by atoms with Crippen molar-refractivity contribution in [3.8, 4) is 11.6 Å². The Kier molecular flexibility index (Phi) is 4.73. The molecule has 4 rings (SSSR count).